The summed E-state index contributed by atoms with van der Waals surface area (Å²) >= 11 is 1.71. The van der Waals surface area contributed by atoms with Crippen molar-refractivity contribution in [3.8, 4) is 0 Å². The van der Waals surface area contributed by atoms with E-state index in [0.717, 1.165) is 17.9 Å². The summed E-state index contributed by atoms with van der Waals surface area (Å²) in [4.78, 5) is 19.2. The van der Waals surface area contributed by atoms with Crippen molar-refractivity contribution in [2.45, 2.75) is 33.2 Å². The van der Waals surface area contributed by atoms with E-state index < -0.39 is 0 Å². The number of nitrogens with one attached hydrogen (secondary N) is 2. The van der Waals surface area contributed by atoms with Gasteiger partial charge in [0.2, 0.25) is 0 Å². The van der Waals surface area contributed by atoms with Crippen LogP contribution in [0.2, 0.25) is 0 Å². The molecule has 0 aliphatic heterocycles. The standard InChI is InChI=1S/C16H21N3OS/c1-5-13-8-12(9-15(17-4)19-13)16(20)18-11(3)14-7-6-10(2)21-14/h6-9,11H,5H2,1-4H3,(H,17,19)(H,18,20). The van der Waals surface area contributed by atoms with Gasteiger partial charge in [-0.25, -0.2) is 4.98 Å². The predicted molar refractivity (Wildman–Crippen MR) is 88.1 cm³/mol. The van der Waals surface area contributed by atoms with Crippen LogP contribution in [0.1, 0.15) is 45.7 Å². The molecule has 1 atom stereocenters. The molecule has 4 nitrogen and oxygen atoms in total. The van der Waals surface area contributed by atoms with Gasteiger partial charge in [0.25, 0.3) is 5.91 Å². The van der Waals surface area contributed by atoms with Gasteiger partial charge in [-0.3, -0.25) is 4.79 Å². The van der Waals surface area contributed by atoms with Gasteiger partial charge in [0.1, 0.15) is 5.82 Å². The van der Waals surface area contributed by atoms with Gasteiger partial charge in [-0.1, -0.05) is 6.92 Å². The Hall–Kier alpha value is -1.88. The molecule has 1 amide bonds. The molecular formula is C16H21N3OS. The van der Waals surface area contributed by atoms with Gasteiger partial charge in [0.15, 0.2) is 0 Å². The highest BCUT2D eigenvalue weighted by Gasteiger charge is 2.14. The molecule has 0 bridgehead atoms. The van der Waals surface area contributed by atoms with Gasteiger partial charge in [0, 0.05) is 28.1 Å². The van der Waals surface area contributed by atoms with Gasteiger partial charge >= 0.3 is 0 Å². The van der Waals surface area contributed by atoms with Crippen LogP contribution in [0.4, 0.5) is 5.82 Å². The summed E-state index contributed by atoms with van der Waals surface area (Å²) < 4.78 is 0. The van der Waals surface area contributed by atoms with E-state index in [0.29, 0.717) is 5.56 Å². The maximum absolute atomic E-state index is 12.4. The van der Waals surface area contributed by atoms with Crippen molar-refractivity contribution in [1.82, 2.24) is 10.3 Å². The Morgan fingerprint density at radius 2 is 2.14 bits per heavy atom. The lowest BCUT2D eigenvalue weighted by Crippen LogP contribution is -2.26. The van der Waals surface area contributed by atoms with E-state index in [1.165, 1.54) is 9.75 Å². The number of carbonyl (C=O) groups excluding carboxylic acids is 1. The van der Waals surface area contributed by atoms with Crippen LogP contribution >= 0.6 is 11.3 Å². The third-order valence-electron chi connectivity index (χ3n) is 3.29. The molecule has 0 fully saturated rings. The molecule has 0 spiro atoms. The van der Waals surface area contributed by atoms with Crippen LogP contribution in [0.3, 0.4) is 0 Å². The molecule has 0 aromatic carbocycles. The number of aromatic nitrogens is 1. The van der Waals surface area contributed by atoms with Crippen molar-refractivity contribution >= 4 is 23.1 Å². The van der Waals surface area contributed by atoms with Crippen molar-refractivity contribution in [2.24, 2.45) is 0 Å². The van der Waals surface area contributed by atoms with Crippen LogP contribution in [0.25, 0.3) is 0 Å². The summed E-state index contributed by atoms with van der Waals surface area (Å²) in [5.41, 5.74) is 1.55. The number of thiophene rings is 1. The number of pyridine rings is 1. The second-order valence-corrected chi connectivity index (χ2v) is 6.30. The van der Waals surface area contributed by atoms with Crippen molar-refractivity contribution in [2.75, 3.05) is 12.4 Å². The third kappa shape index (κ3) is 3.82. The Bertz CT molecular complexity index is 614. The molecule has 0 saturated heterocycles. The second-order valence-electron chi connectivity index (χ2n) is 4.98. The molecule has 2 rings (SSSR count). The van der Waals surface area contributed by atoms with Gasteiger partial charge in [0.05, 0.1) is 6.04 Å². The van der Waals surface area contributed by atoms with E-state index in [9.17, 15) is 4.79 Å². The fraction of sp³-hybridized carbons (Fsp3) is 0.375. The molecular weight excluding hydrogens is 282 g/mol. The lowest BCUT2D eigenvalue weighted by atomic mass is 10.1. The highest BCUT2D eigenvalue weighted by Crippen LogP contribution is 2.22. The monoisotopic (exact) mass is 303 g/mol. The number of aryl methyl sites for hydroxylation is 2. The van der Waals surface area contributed by atoms with Crippen molar-refractivity contribution in [3.05, 3.63) is 45.3 Å². The molecule has 21 heavy (non-hydrogen) atoms. The molecule has 2 aromatic rings. The van der Waals surface area contributed by atoms with Gasteiger partial charge in [-0.2, -0.15) is 0 Å². The van der Waals surface area contributed by atoms with Crippen molar-refractivity contribution in [3.63, 3.8) is 0 Å². The fourth-order valence-corrected chi connectivity index (χ4v) is 2.94. The van der Waals surface area contributed by atoms with E-state index in [1.807, 2.05) is 19.9 Å². The van der Waals surface area contributed by atoms with E-state index in [1.54, 1.807) is 24.5 Å². The van der Waals surface area contributed by atoms with Crippen LogP contribution in [0.15, 0.2) is 24.3 Å². The second kappa shape index (κ2) is 6.72. The number of hydrogen-bond acceptors (Lipinski definition) is 4. The van der Waals surface area contributed by atoms with E-state index in [-0.39, 0.29) is 11.9 Å². The normalized spacial score (nSPS) is 12.0. The lowest BCUT2D eigenvalue weighted by molar-refractivity contribution is 0.0940. The first kappa shape index (κ1) is 15.5. The minimum Gasteiger partial charge on any atom is -0.373 e. The minimum absolute atomic E-state index is 0.00692. The predicted octanol–water partition coefficient (Wildman–Crippen LogP) is 3.55. The Morgan fingerprint density at radius 3 is 2.71 bits per heavy atom. The molecule has 1 unspecified atom stereocenters. The van der Waals surface area contributed by atoms with E-state index in [4.69, 9.17) is 0 Å². The first-order valence-corrected chi connectivity index (χ1v) is 7.91. The van der Waals surface area contributed by atoms with Gasteiger partial charge < -0.3 is 10.6 Å². The van der Waals surface area contributed by atoms with E-state index >= 15 is 0 Å². The summed E-state index contributed by atoms with van der Waals surface area (Å²) in [5.74, 6) is 0.654. The SMILES string of the molecule is CCc1cc(C(=O)NC(C)c2ccc(C)s2)cc(NC)n1. The first-order chi connectivity index (χ1) is 10.0. The topological polar surface area (TPSA) is 54.0 Å². The quantitative estimate of drug-likeness (QED) is 0.888. The van der Waals surface area contributed by atoms with Crippen LogP contribution in [0, 0.1) is 6.92 Å². The van der Waals surface area contributed by atoms with Crippen LogP contribution < -0.4 is 10.6 Å². The number of hydrogen-bond donors (Lipinski definition) is 2. The number of amides is 1. The minimum atomic E-state index is -0.0675. The molecule has 112 valence electrons. The molecule has 0 aliphatic carbocycles. The average molecular weight is 303 g/mol. The average Bonchev–Trinajstić information content (AvgIpc) is 2.93. The smallest absolute Gasteiger partial charge is 0.251 e. The number of nitrogens with zero attached hydrogens (tertiary/aromatic N) is 1. The van der Waals surface area contributed by atoms with Crippen LogP contribution in [-0.4, -0.2) is 17.9 Å². The first-order valence-electron chi connectivity index (χ1n) is 7.09. The summed E-state index contributed by atoms with van der Waals surface area (Å²) in [6.45, 7) is 6.10. The molecule has 2 heterocycles. The zero-order valence-electron chi connectivity index (χ0n) is 12.9. The third-order valence-corrected chi connectivity index (χ3v) is 4.48. The lowest BCUT2D eigenvalue weighted by Gasteiger charge is -2.13. The van der Waals surface area contributed by atoms with E-state index in [2.05, 4.69) is 34.7 Å². The van der Waals surface area contributed by atoms with Crippen LogP contribution in [0.5, 0.6) is 0 Å². The summed E-state index contributed by atoms with van der Waals surface area (Å²) in [7, 11) is 1.81. The number of rotatable bonds is 5. The highest BCUT2D eigenvalue weighted by atomic mass is 32.1. The Morgan fingerprint density at radius 1 is 1.38 bits per heavy atom. The summed E-state index contributed by atoms with van der Waals surface area (Å²) in [5, 5.41) is 6.04. The summed E-state index contributed by atoms with van der Waals surface area (Å²) in [6, 6.07) is 7.77. The number of anilines is 1. The maximum Gasteiger partial charge on any atom is 0.251 e. The summed E-state index contributed by atoms with van der Waals surface area (Å²) in [6.07, 6.45) is 0.801. The van der Waals surface area contributed by atoms with Crippen molar-refractivity contribution < 1.29 is 4.79 Å². The maximum atomic E-state index is 12.4. The van der Waals surface area contributed by atoms with Gasteiger partial charge in [-0.05, 0) is 44.5 Å². The zero-order valence-corrected chi connectivity index (χ0v) is 13.7. The molecule has 0 radical (unpaired) electrons. The molecule has 2 aromatic heterocycles. The van der Waals surface area contributed by atoms with Crippen molar-refractivity contribution in [1.29, 1.82) is 0 Å². The highest BCUT2D eigenvalue weighted by molar-refractivity contribution is 7.12. The Balaban J connectivity index is 2.16. The largest absolute Gasteiger partial charge is 0.373 e. The van der Waals surface area contributed by atoms with Gasteiger partial charge in [-0.15, -0.1) is 11.3 Å². The number of carbonyl (C=O) groups is 1. The molecule has 0 saturated carbocycles. The zero-order chi connectivity index (χ0) is 15.4. The Kier molecular flexibility index (Phi) is 4.96. The van der Waals surface area contributed by atoms with Crippen LogP contribution in [-0.2, 0) is 6.42 Å². The Labute approximate surface area is 129 Å². The fourth-order valence-electron chi connectivity index (χ4n) is 2.07. The molecule has 0 aliphatic rings. The molecule has 2 N–H and O–H groups in total. The molecule has 5 heteroatoms.